The summed E-state index contributed by atoms with van der Waals surface area (Å²) in [4.78, 5) is 15.1. The summed E-state index contributed by atoms with van der Waals surface area (Å²) in [5.74, 6) is 2.34. The zero-order chi connectivity index (χ0) is 20.6. The molecule has 2 aliphatic heterocycles. The number of hydrogen-bond acceptors (Lipinski definition) is 5. The highest BCUT2D eigenvalue weighted by molar-refractivity contribution is 8.16. The van der Waals surface area contributed by atoms with Crippen molar-refractivity contribution in [1.82, 2.24) is 4.31 Å². The Kier molecular flexibility index (Phi) is 5.97. The number of nitrogens with zero attached hydrogens (tertiary/aromatic N) is 2. The van der Waals surface area contributed by atoms with Crippen LogP contribution in [0.2, 0.25) is 0 Å². The van der Waals surface area contributed by atoms with Crippen LogP contribution in [-0.2, 0) is 16.4 Å². The molecule has 1 amide bonds. The van der Waals surface area contributed by atoms with Gasteiger partial charge in [0, 0.05) is 31.9 Å². The molecule has 2 aliphatic rings. The van der Waals surface area contributed by atoms with Crippen molar-refractivity contribution in [2.45, 2.75) is 22.3 Å². The SMILES string of the molecule is CN(C)S(=O)(=O)c1ccc2c(c1)CCN2C(=O)c1ccc(C2SCCCS2)cc1. The lowest BCUT2D eigenvalue weighted by Crippen LogP contribution is -2.28. The minimum atomic E-state index is -3.48. The van der Waals surface area contributed by atoms with Crippen molar-refractivity contribution < 1.29 is 13.2 Å². The lowest BCUT2D eigenvalue weighted by molar-refractivity contribution is 0.0989. The van der Waals surface area contributed by atoms with Crippen LogP contribution in [0.15, 0.2) is 47.4 Å². The van der Waals surface area contributed by atoms with E-state index in [4.69, 9.17) is 0 Å². The van der Waals surface area contributed by atoms with Crippen molar-refractivity contribution in [2.24, 2.45) is 0 Å². The van der Waals surface area contributed by atoms with Crippen LogP contribution >= 0.6 is 23.5 Å². The van der Waals surface area contributed by atoms with Gasteiger partial charge in [-0.3, -0.25) is 4.79 Å². The zero-order valence-corrected chi connectivity index (χ0v) is 18.9. The van der Waals surface area contributed by atoms with E-state index in [9.17, 15) is 13.2 Å². The first-order valence-corrected chi connectivity index (χ1v) is 13.1. The van der Waals surface area contributed by atoms with E-state index in [-0.39, 0.29) is 10.8 Å². The molecule has 0 unspecified atom stereocenters. The van der Waals surface area contributed by atoms with Gasteiger partial charge in [-0.15, -0.1) is 23.5 Å². The Balaban J connectivity index is 1.54. The predicted molar refractivity (Wildman–Crippen MR) is 121 cm³/mol. The van der Waals surface area contributed by atoms with Gasteiger partial charge in [-0.25, -0.2) is 12.7 Å². The molecular formula is C21H24N2O3S3. The summed E-state index contributed by atoms with van der Waals surface area (Å²) >= 11 is 3.93. The fourth-order valence-electron chi connectivity index (χ4n) is 3.58. The average molecular weight is 449 g/mol. The lowest BCUT2D eigenvalue weighted by Gasteiger charge is -2.22. The third-order valence-electron chi connectivity index (χ3n) is 5.23. The topological polar surface area (TPSA) is 57.7 Å². The van der Waals surface area contributed by atoms with Crippen LogP contribution in [0, 0.1) is 0 Å². The van der Waals surface area contributed by atoms with Gasteiger partial charge in [-0.05, 0) is 65.8 Å². The van der Waals surface area contributed by atoms with Gasteiger partial charge in [0.05, 0.1) is 9.48 Å². The lowest BCUT2D eigenvalue weighted by atomic mass is 10.1. The Morgan fingerprint density at radius 3 is 2.41 bits per heavy atom. The van der Waals surface area contributed by atoms with Crippen molar-refractivity contribution in [3.8, 4) is 0 Å². The molecule has 0 N–H and O–H groups in total. The Hall–Kier alpha value is -1.48. The molecule has 0 aromatic heterocycles. The third-order valence-corrected chi connectivity index (χ3v) is 10.1. The van der Waals surface area contributed by atoms with Crippen LogP contribution < -0.4 is 4.90 Å². The van der Waals surface area contributed by atoms with Gasteiger partial charge in [0.2, 0.25) is 10.0 Å². The number of thioether (sulfide) groups is 2. The molecule has 1 fully saturated rings. The van der Waals surface area contributed by atoms with Crippen molar-refractivity contribution >= 4 is 45.1 Å². The summed E-state index contributed by atoms with van der Waals surface area (Å²) in [6.45, 7) is 0.565. The van der Waals surface area contributed by atoms with Gasteiger partial charge < -0.3 is 4.90 Å². The van der Waals surface area contributed by atoms with Crippen LogP contribution in [0.3, 0.4) is 0 Å². The van der Waals surface area contributed by atoms with E-state index in [0.29, 0.717) is 23.1 Å². The second-order valence-corrected chi connectivity index (χ2v) is 12.2. The van der Waals surface area contributed by atoms with E-state index in [1.165, 1.54) is 41.9 Å². The highest BCUT2D eigenvalue weighted by Gasteiger charge is 2.28. The maximum atomic E-state index is 13.1. The Morgan fingerprint density at radius 1 is 1.07 bits per heavy atom. The Morgan fingerprint density at radius 2 is 1.76 bits per heavy atom. The molecule has 2 aromatic carbocycles. The molecule has 0 atom stereocenters. The monoisotopic (exact) mass is 448 g/mol. The van der Waals surface area contributed by atoms with E-state index < -0.39 is 10.0 Å². The molecule has 29 heavy (non-hydrogen) atoms. The van der Waals surface area contributed by atoms with Crippen molar-refractivity contribution in [1.29, 1.82) is 0 Å². The number of hydrogen-bond donors (Lipinski definition) is 0. The van der Waals surface area contributed by atoms with Gasteiger partial charge >= 0.3 is 0 Å². The summed E-state index contributed by atoms with van der Waals surface area (Å²) in [6.07, 6.45) is 1.92. The fourth-order valence-corrected chi connectivity index (χ4v) is 7.43. The van der Waals surface area contributed by atoms with Crippen LogP contribution in [0.4, 0.5) is 5.69 Å². The summed E-state index contributed by atoms with van der Waals surface area (Å²) in [5.41, 5.74) is 3.62. The first-order chi connectivity index (χ1) is 13.9. The van der Waals surface area contributed by atoms with Crippen molar-refractivity contribution in [3.63, 3.8) is 0 Å². The van der Waals surface area contributed by atoms with Gasteiger partial charge in [0.1, 0.15) is 0 Å². The summed E-state index contributed by atoms with van der Waals surface area (Å²) in [7, 11) is -0.438. The van der Waals surface area contributed by atoms with Gasteiger partial charge in [0.15, 0.2) is 0 Å². The fraction of sp³-hybridized carbons (Fsp3) is 0.381. The first kappa shape index (κ1) is 20.8. The Bertz CT molecular complexity index is 1010. The first-order valence-electron chi connectivity index (χ1n) is 9.58. The summed E-state index contributed by atoms with van der Waals surface area (Å²) in [5, 5.41) is 0. The van der Waals surface area contributed by atoms with Gasteiger partial charge in [-0.2, -0.15) is 0 Å². The molecular weight excluding hydrogens is 424 g/mol. The van der Waals surface area contributed by atoms with Crippen LogP contribution in [0.1, 0.15) is 32.5 Å². The normalized spacial score (nSPS) is 17.6. The summed E-state index contributed by atoms with van der Waals surface area (Å²) in [6, 6.07) is 13.0. The third kappa shape index (κ3) is 4.08. The number of sulfonamides is 1. The van der Waals surface area contributed by atoms with Gasteiger partial charge in [-0.1, -0.05) is 12.1 Å². The van der Waals surface area contributed by atoms with Crippen LogP contribution in [0.5, 0.6) is 0 Å². The number of anilines is 1. The number of rotatable bonds is 4. The second-order valence-electron chi connectivity index (χ2n) is 7.33. The number of amides is 1. The molecule has 2 aromatic rings. The molecule has 0 saturated carbocycles. The molecule has 8 heteroatoms. The molecule has 0 radical (unpaired) electrons. The summed E-state index contributed by atoms with van der Waals surface area (Å²) < 4.78 is 26.4. The highest BCUT2D eigenvalue weighted by atomic mass is 32.2. The molecule has 0 aliphatic carbocycles. The average Bonchev–Trinajstić information content (AvgIpc) is 3.17. The largest absolute Gasteiger partial charge is 0.308 e. The van der Waals surface area contributed by atoms with E-state index >= 15 is 0 Å². The van der Waals surface area contributed by atoms with E-state index in [1.54, 1.807) is 23.1 Å². The molecule has 5 nitrogen and oxygen atoms in total. The molecule has 154 valence electrons. The predicted octanol–water partition coefficient (Wildman–Crippen LogP) is 4.01. The number of fused-ring (bicyclic) bond motifs is 1. The minimum Gasteiger partial charge on any atom is -0.308 e. The zero-order valence-electron chi connectivity index (χ0n) is 16.5. The van der Waals surface area contributed by atoms with Gasteiger partial charge in [0.25, 0.3) is 5.91 Å². The molecule has 0 bridgehead atoms. The maximum absolute atomic E-state index is 13.1. The van der Waals surface area contributed by atoms with E-state index in [1.807, 2.05) is 35.7 Å². The van der Waals surface area contributed by atoms with E-state index in [0.717, 1.165) is 11.3 Å². The Labute approximate surface area is 180 Å². The molecule has 2 heterocycles. The minimum absolute atomic E-state index is 0.0394. The molecule has 0 spiro atoms. The molecule has 1 saturated heterocycles. The van der Waals surface area contributed by atoms with E-state index in [2.05, 4.69) is 12.1 Å². The number of carbonyl (C=O) groups is 1. The van der Waals surface area contributed by atoms with Crippen LogP contribution in [0.25, 0.3) is 0 Å². The van der Waals surface area contributed by atoms with Crippen molar-refractivity contribution in [3.05, 3.63) is 59.2 Å². The highest BCUT2D eigenvalue weighted by Crippen LogP contribution is 2.43. The smallest absolute Gasteiger partial charge is 0.258 e. The second kappa shape index (κ2) is 8.34. The quantitative estimate of drug-likeness (QED) is 0.707. The van der Waals surface area contributed by atoms with Crippen LogP contribution in [-0.4, -0.2) is 50.8 Å². The molecule has 4 rings (SSSR count). The number of benzene rings is 2. The number of carbonyl (C=O) groups excluding carboxylic acids is 1. The standard InChI is InChI=1S/C21H24N2O3S3/c1-22(2)29(25,26)18-8-9-19-17(14-18)10-11-23(19)20(24)15-4-6-16(7-5-15)21-27-12-3-13-28-21/h4-9,14,21H,3,10-13H2,1-2H3. The van der Waals surface area contributed by atoms with Crippen molar-refractivity contribution in [2.75, 3.05) is 37.0 Å². The maximum Gasteiger partial charge on any atom is 0.258 e.